The molecule has 5 heteroatoms. The Hall–Kier alpha value is -2.17. The van der Waals surface area contributed by atoms with Gasteiger partial charge in [-0.25, -0.2) is 9.37 Å². The van der Waals surface area contributed by atoms with Crippen LogP contribution in [-0.2, 0) is 11.3 Å². The number of imidazole rings is 1. The van der Waals surface area contributed by atoms with E-state index in [1.54, 1.807) is 35.4 Å². The van der Waals surface area contributed by atoms with Gasteiger partial charge in [0.25, 0.3) is 0 Å². The molecule has 4 nitrogen and oxygen atoms in total. The number of carbonyl (C=O) groups is 1. The smallest absolute Gasteiger partial charge is 0.243 e. The summed E-state index contributed by atoms with van der Waals surface area (Å²) < 4.78 is 15.3. The second-order valence-corrected chi connectivity index (χ2v) is 5.74. The van der Waals surface area contributed by atoms with E-state index in [4.69, 9.17) is 0 Å². The van der Waals surface area contributed by atoms with Crippen molar-refractivity contribution in [3.8, 4) is 0 Å². The van der Waals surface area contributed by atoms with Crippen LogP contribution in [0.25, 0.3) is 0 Å². The molecule has 0 spiro atoms. The summed E-state index contributed by atoms with van der Waals surface area (Å²) in [6.07, 6.45) is 9.16. The summed E-state index contributed by atoms with van der Waals surface area (Å²) in [6.45, 7) is 1.01. The van der Waals surface area contributed by atoms with Gasteiger partial charge in [0.2, 0.25) is 5.91 Å². The fourth-order valence-electron chi connectivity index (χ4n) is 3.09. The zero-order chi connectivity index (χ0) is 15.4. The Balaban J connectivity index is 1.82. The first-order valence-corrected chi connectivity index (χ1v) is 7.75. The second-order valence-electron chi connectivity index (χ2n) is 5.74. The van der Waals surface area contributed by atoms with Crippen molar-refractivity contribution >= 4 is 5.91 Å². The summed E-state index contributed by atoms with van der Waals surface area (Å²) in [5.41, 5.74) is 0.890. The monoisotopic (exact) mass is 301 g/mol. The third kappa shape index (κ3) is 3.35. The van der Waals surface area contributed by atoms with Gasteiger partial charge in [-0.05, 0) is 30.5 Å². The van der Waals surface area contributed by atoms with Gasteiger partial charge in [-0.2, -0.15) is 0 Å². The van der Waals surface area contributed by atoms with Gasteiger partial charge in [0, 0.05) is 18.9 Å². The van der Waals surface area contributed by atoms with Crippen molar-refractivity contribution < 1.29 is 9.18 Å². The zero-order valence-corrected chi connectivity index (χ0v) is 12.5. The molecule has 1 fully saturated rings. The van der Waals surface area contributed by atoms with Gasteiger partial charge in [0.15, 0.2) is 0 Å². The Morgan fingerprint density at radius 3 is 3.00 bits per heavy atom. The lowest BCUT2D eigenvalue weighted by molar-refractivity contribution is -0.134. The number of amides is 1. The van der Waals surface area contributed by atoms with Crippen molar-refractivity contribution in [2.45, 2.75) is 38.3 Å². The van der Waals surface area contributed by atoms with Crippen LogP contribution in [0, 0.1) is 5.82 Å². The van der Waals surface area contributed by atoms with Crippen LogP contribution in [0.3, 0.4) is 0 Å². The van der Waals surface area contributed by atoms with E-state index in [2.05, 4.69) is 4.98 Å². The standard InChI is InChI=1S/C17H20FN3O/c18-15-6-4-5-14(11-15)16-7-2-1-3-9-21(16)17(22)12-20-10-8-19-13-20/h4-6,8,10-11,13,16H,1-3,7,9,12H2/t16-/m1/s1. The van der Waals surface area contributed by atoms with Crippen LogP contribution >= 0.6 is 0 Å². The molecule has 0 bridgehead atoms. The van der Waals surface area contributed by atoms with E-state index in [9.17, 15) is 9.18 Å². The van der Waals surface area contributed by atoms with Crippen molar-refractivity contribution in [2.75, 3.05) is 6.54 Å². The molecule has 1 aromatic carbocycles. The number of nitrogens with zero attached hydrogens (tertiary/aromatic N) is 3. The Morgan fingerprint density at radius 2 is 2.23 bits per heavy atom. The van der Waals surface area contributed by atoms with E-state index < -0.39 is 0 Å². The number of carbonyl (C=O) groups excluding carboxylic acids is 1. The third-order valence-electron chi connectivity index (χ3n) is 4.18. The van der Waals surface area contributed by atoms with E-state index in [0.29, 0.717) is 0 Å². The molecular weight excluding hydrogens is 281 g/mol. The molecule has 0 aliphatic carbocycles. The molecule has 1 amide bonds. The lowest BCUT2D eigenvalue weighted by Crippen LogP contribution is -2.37. The Labute approximate surface area is 129 Å². The average molecular weight is 301 g/mol. The van der Waals surface area contributed by atoms with Gasteiger partial charge in [-0.1, -0.05) is 25.0 Å². The van der Waals surface area contributed by atoms with Gasteiger partial charge in [-0.15, -0.1) is 0 Å². The van der Waals surface area contributed by atoms with Crippen LogP contribution in [0.1, 0.15) is 37.3 Å². The lowest BCUT2D eigenvalue weighted by atomic mass is 10.0. The highest BCUT2D eigenvalue weighted by molar-refractivity contribution is 5.76. The minimum atomic E-state index is -0.247. The summed E-state index contributed by atoms with van der Waals surface area (Å²) in [5.74, 6) is -0.182. The van der Waals surface area contributed by atoms with E-state index >= 15 is 0 Å². The van der Waals surface area contributed by atoms with Crippen LogP contribution in [0.2, 0.25) is 0 Å². The quantitative estimate of drug-likeness (QED) is 0.873. The Kier molecular flexibility index (Phi) is 4.51. The highest BCUT2D eigenvalue weighted by atomic mass is 19.1. The topological polar surface area (TPSA) is 38.1 Å². The first kappa shape index (κ1) is 14.8. The minimum absolute atomic E-state index is 0.0331. The van der Waals surface area contributed by atoms with Crippen molar-refractivity contribution in [2.24, 2.45) is 0 Å². The first-order chi connectivity index (χ1) is 10.7. The molecule has 0 unspecified atom stereocenters. The second kappa shape index (κ2) is 6.73. The first-order valence-electron chi connectivity index (χ1n) is 7.75. The minimum Gasteiger partial charge on any atom is -0.334 e. The van der Waals surface area contributed by atoms with Crippen LogP contribution in [0.4, 0.5) is 4.39 Å². The summed E-state index contributed by atoms with van der Waals surface area (Å²) in [6, 6.07) is 6.59. The molecule has 3 rings (SSSR count). The number of hydrogen-bond acceptors (Lipinski definition) is 2. The van der Waals surface area contributed by atoms with Crippen LogP contribution in [0.5, 0.6) is 0 Å². The molecule has 1 aromatic heterocycles. The van der Waals surface area contributed by atoms with Gasteiger partial charge in [0.1, 0.15) is 12.4 Å². The van der Waals surface area contributed by atoms with E-state index in [1.807, 2.05) is 11.0 Å². The van der Waals surface area contributed by atoms with Gasteiger partial charge in [-0.3, -0.25) is 4.79 Å². The Bertz CT molecular complexity index is 627. The van der Waals surface area contributed by atoms with Crippen molar-refractivity contribution in [1.29, 1.82) is 0 Å². The number of rotatable bonds is 3. The molecule has 0 N–H and O–H groups in total. The molecular formula is C17H20FN3O. The summed E-state index contributed by atoms with van der Waals surface area (Å²) in [5, 5.41) is 0. The van der Waals surface area contributed by atoms with Crippen LogP contribution < -0.4 is 0 Å². The van der Waals surface area contributed by atoms with Gasteiger partial charge < -0.3 is 9.47 Å². The maximum atomic E-state index is 13.5. The summed E-state index contributed by atoms with van der Waals surface area (Å²) in [4.78, 5) is 18.5. The predicted molar refractivity (Wildman–Crippen MR) is 81.5 cm³/mol. The normalized spacial score (nSPS) is 19.0. The molecule has 22 heavy (non-hydrogen) atoms. The number of benzene rings is 1. The van der Waals surface area contributed by atoms with Crippen molar-refractivity contribution in [3.63, 3.8) is 0 Å². The highest BCUT2D eigenvalue weighted by Crippen LogP contribution is 2.30. The third-order valence-corrected chi connectivity index (χ3v) is 4.18. The fraction of sp³-hybridized carbons (Fsp3) is 0.412. The molecule has 0 saturated carbocycles. The van der Waals surface area contributed by atoms with Crippen LogP contribution in [-0.4, -0.2) is 26.9 Å². The predicted octanol–water partition coefficient (Wildman–Crippen LogP) is 3.17. The van der Waals surface area contributed by atoms with E-state index in [-0.39, 0.29) is 24.3 Å². The number of hydrogen-bond donors (Lipinski definition) is 0. The Morgan fingerprint density at radius 1 is 1.32 bits per heavy atom. The van der Waals surface area contributed by atoms with Crippen molar-refractivity contribution in [1.82, 2.24) is 14.5 Å². The van der Waals surface area contributed by atoms with Gasteiger partial charge in [0.05, 0.1) is 12.4 Å². The molecule has 1 aliphatic heterocycles. The van der Waals surface area contributed by atoms with Crippen LogP contribution in [0.15, 0.2) is 43.0 Å². The molecule has 0 radical (unpaired) electrons. The SMILES string of the molecule is O=C(Cn1ccnc1)N1CCCCC[C@@H]1c1cccc(F)c1. The number of aromatic nitrogens is 2. The zero-order valence-electron chi connectivity index (χ0n) is 12.5. The molecule has 2 aromatic rings. The maximum Gasteiger partial charge on any atom is 0.243 e. The molecule has 2 heterocycles. The summed E-state index contributed by atoms with van der Waals surface area (Å²) >= 11 is 0. The molecule has 1 saturated heterocycles. The molecule has 116 valence electrons. The maximum absolute atomic E-state index is 13.5. The van der Waals surface area contributed by atoms with Gasteiger partial charge >= 0.3 is 0 Å². The molecule has 1 atom stereocenters. The molecule has 1 aliphatic rings. The van der Waals surface area contributed by atoms with E-state index in [1.165, 1.54) is 6.07 Å². The highest BCUT2D eigenvalue weighted by Gasteiger charge is 2.26. The van der Waals surface area contributed by atoms with E-state index in [0.717, 1.165) is 37.8 Å². The number of likely N-dealkylation sites (tertiary alicyclic amines) is 1. The average Bonchev–Trinajstić information content (AvgIpc) is 2.88. The largest absolute Gasteiger partial charge is 0.334 e. The summed E-state index contributed by atoms with van der Waals surface area (Å²) in [7, 11) is 0. The number of halogens is 1. The van der Waals surface area contributed by atoms with Crippen molar-refractivity contribution in [3.05, 3.63) is 54.4 Å². The lowest BCUT2D eigenvalue weighted by Gasteiger charge is -2.30. The fourth-order valence-corrected chi connectivity index (χ4v) is 3.09.